The van der Waals surface area contributed by atoms with Crippen LogP contribution in [-0.2, 0) is 4.79 Å². The van der Waals surface area contributed by atoms with Crippen LogP contribution in [0.1, 0.15) is 13.8 Å². The molecule has 0 aliphatic heterocycles. The van der Waals surface area contributed by atoms with E-state index in [-0.39, 0.29) is 0 Å². The van der Waals surface area contributed by atoms with Gasteiger partial charge in [0.25, 0.3) is 0 Å². The van der Waals surface area contributed by atoms with E-state index in [4.69, 9.17) is 9.15 Å². The number of ether oxygens (including phenoxy) is 1. The Kier molecular flexibility index (Phi) is 3.70. The molecular weight excluding hydrogens is 280 g/mol. The summed E-state index contributed by atoms with van der Waals surface area (Å²) in [5.41, 5.74) is 2.76. The molecule has 5 heteroatoms. The van der Waals surface area contributed by atoms with Gasteiger partial charge in [-0.05, 0) is 38.1 Å². The maximum atomic E-state index is 11.6. The molecule has 0 fully saturated rings. The molecule has 0 atom stereocenters. The lowest BCUT2D eigenvalue weighted by Gasteiger charge is -2.00. The molecule has 0 spiro atoms. The van der Waals surface area contributed by atoms with Crippen LogP contribution in [0.25, 0.3) is 22.7 Å². The summed E-state index contributed by atoms with van der Waals surface area (Å²) in [5.74, 6) is 0.436. The van der Waals surface area contributed by atoms with Crippen LogP contribution in [0.15, 0.2) is 58.7 Å². The predicted molar refractivity (Wildman–Crippen MR) is 82.3 cm³/mol. The Morgan fingerprint density at radius 2 is 2.09 bits per heavy atom. The smallest absolute Gasteiger partial charge is 0.336 e. The minimum Gasteiger partial charge on any atom is -0.435 e. The van der Waals surface area contributed by atoms with Gasteiger partial charge in [-0.3, -0.25) is 4.98 Å². The van der Waals surface area contributed by atoms with E-state index in [0.717, 1.165) is 5.57 Å². The van der Waals surface area contributed by atoms with Crippen LogP contribution in [-0.4, -0.2) is 15.9 Å². The summed E-state index contributed by atoms with van der Waals surface area (Å²) >= 11 is 0. The van der Waals surface area contributed by atoms with E-state index in [1.807, 2.05) is 32.0 Å². The van der Waals surface area contributed by atoms with E-state index < -0.39 is 5.97 Å². The zero-order chi connectivity index (χ0) is 15.5. The highest BCUT2D eigenvalue weighted by molar-refractivity contribution is 5.85. The monoisotopic (exact) mass is 294 g/mol. The Bertz CT molecular complexity index is 847. The van der Waals surface area contributed by atoms with E-state index in [0.29, 0.717) is 28.4 Å². The lowest BCUT2D eigenvalue weighted by molar-refractivity contribution is -0.129. The van der Waals surface area contributed by atoms with Gasteiger partial charge in [0.05, 0.1) is 0 Å². The van der Waals surface area contributed by atoms with Gasteiger partial charge in [0.1, 0.15) is 17.0 Å². The second-order valence-corrected chi connectivity index (χ2v) is 5.01. The maximum Gasteiger partial charge on any atom is 0.336 e. The lowest BCUT2D eigenvalue weighted by Crippen LogP contribution is -2.04. The predicted octanol–water partition coefficient (Wildman–Crippen LogP) is 3.76. The van der Waals surface area contributed by atoms with Crippen LogP contribution in [0.2, 0.25) is 0 Å². The first kappa shape index (κ1) is 14.0. The number of allylic oxidation sites excluding steroid dienone is 1. The van der Waals surface area contributed by atoms with Crippen LogP contribution in [0.3, 0.4) is 0 Å². The normalized spacial score (nSPS) is 10.5. The number of oxazole rings is 1. The average molecular weight is 294 g/mol. The van der Waals surface area contributed by atoms with Crippen LogP contribution in [0.5, 0.6) is 5.75 Å². The number of hydrogen-bond acceptors (Lipinski definition) is 5. The number of benzene rings is 1. The number of carbonyl (C=O) groups excluding carboxylic acids is 1. The number of pyridine rings is 1. The molecule has 0 amide bonds. The maximum absolute atomic E-state index is 11.6. The van der Waals surface area contributed by atoms with Gasteiger partial charge in [-0.1, -0.05) is 11.6 Å². The van der Waals surface area contributed by atoms with Crippen molar-refractivity contribution in [1.29, 1.82) is 0 Å². The summed E-state index contributed by atoms with van der Waals surface area (Å²) in [6, 6.07) is 10.6. The average Bonchev–Trinajstić information content (AvgIpc) is 2.90. The molecule has 0 unspecified atom stereocenters. The number of aromatic nitrogens is 2. The van der Waals surface area contributed by atoms with Crippen LogP contribution in [0, 0.1) is 0 Å². The summed E-state index contributed by atoms with van der Waals surface area (Å²) in [4.78, 5) is 20.2. The van der Waals surface area contributed by atoms with Crippen molar-refractivity contribution >= 4 is 17.1 Å². The Labute approximate surface area is 127 Å². The number of hydrogen-bond donors (Lipinski definition) is 0. The number of fused-ring (bicyclic) bond motifs is 1. The molecule has 2 heterocycles. The molecule has 0 bridgehead atoms. The molecule has 3 rings (SSSR count). The number of carbonyl (C=O) groups is 1. The first-order valence-corrected chi connectivity index (χ1v) is 6.80. The summed E-state index contributed by atoms with van der Waals surface area (Å²) in [6.45, 7) is 3.67. The lowest BCUT2D eigenvalue weighted by atomic mass is 10.3. The Balaban J connectivity index is 1.91. The van der Waals surface area contributed by atoms with Crippen molar-refractivity contribution in [2.75, 3.05) is 0 Å². The molecule has 110 valence electrons. The molecule has 1 aromatic carbocycles. The van der Waals surface area contributed by atoms with Crippen molar-refractivity contribution in [2.24, 2.45) is 0 Å². The summed E-state index contributed by atoms with van der Waals surface area (Å²) in [5, 5.41) is 0. The molecular formula is C17H14N2O3. The number of nitrogens with zero attached hydrogens (tertiary/aromatic N) is 2. The van der Waals surface area contributed by atoms with E-state index in [9.17, 15) is 4.79 Å². The second kappa shape index (κ2) is 5.81. The van der Waals surface area contributed by atoms with Crippen molar-refractivity contribution in [3.05, 3.63) is 54.2 Å². The Hall–Kier alpha value is -2.95. The molecule has 2 aromatic heterocycles. The topological polar surface area (TPSA) is 65.2 Å². The highest BCUT2D eigenvalue weighted by atomic mass is 16.5. The van der Waals surface area contributed by atoms with Crippen LogP contribution < -0.4 is 4.74 Å². The quantitative estimate of drug-likeness (QED) is 0.418. The van der Waals surface area contributed by atoms with Crippen molar-refractivity contribution in [3.63, 3.8) is 0 Å². The third-order valence-corrected chi connectivity index (χ3v) is 2.87. The summed E-state index contributed by atoms with van der Waals surface area (Å²) in [7, 11) is 0. The molecule has 0 saturated carbocycles. The molecule has 0 aliphatic rings. The third-order valence-electron chi connectivity index (χ3n) is 2.87. The van der Waals surface area contributed by atoms with Gasteiger partial charge in [0.2, 0.25) is 5.89 Å². The SMILES string of the molecule is CC(C)=CC(=O)Oc1ccc2nc(-c3ccccn3)oc2c1. The highest BCUT2D eigenvalue weighted by Crippen LogP contribution is 2.26. The van der Waals surface area contributed by atoms with Gasteiger partial charge in [-0.25, -0.2) is 9.78 Å². The van der Waals surface area contributed by atoms with Gasteiger partial charge < -0.3 is 9.15 Å². The Morgan fingerprint density at radius 3 is 2.82 bits per heavy atom. The zero-order valence-electron chi connectivity index (χ0n) is 12.2. The Morgan fingerprint density at radius 1 is 1.23 bits per heavy atom. The highest BCUT2D eigenvalue weighted by Gasteiger charge is 2.10. The van der Waals surface area contributed by atoms with E-state index in [1.165, 1.54) is 6.08 Å². The molecule has 3 aromatic rings. The fraction of sp³-hybridized carbons (Fsp3) is 0.118. The first-order chi connectivity index (χ1) is 10.6. The fourth-order valence-electron chi connectivity index (χ4n) is 1.95. The van der Waals surface area contributed by atoms with Crippen molar-refractivity contribution in [2.45, 2.75) is 13.8 Å². The molecule has 0 N–H and O–H groups in total. The van der Waals surface area contributed by atoms with Gasteiger partial charge in [0.15, 0.2) is 5.58 Å². The molecule has 5 nitrogen and oxygen atoms in total. The zero-order valence-corrected chi connectivity index (χ0v) is 12.2. The van der Waals surface area contributed by atoms with Gasteiger partial charge in [0, 0.05) is 18.3 Å². The number of esters is 1. The standard InChI is InChI=1S/C17H14N2O3/c1-11(2)9-16(20)21-12-6-7-13-15(10-12)22-17(19-13)14-5-3-4-8-18-14/h3-10H,1-2H3. The molecule has 0 saturated heterocycles. The van der Waals surface area contributed by atoms with Gasteiger partial charge in [-0.2, -0.15) is 0 Å². The van der Waals surface area contributed by atoms with Crippen molar-refractivity contribution in [1.82, 2.24) is 9.97 Å². The van der Waals surface area contributed by atoms with Crippen molar-refractivity contribution in [3.8, 4) is 17.3 Å². The van der Waals surface area contributed by atoms with E-state index in [1.54, 1.807) is 24.4 Å². The number of rotatable bonds is 3. The summed E-state index contributed by atoms with van der Waals surface area (Å²) < 4.78 is 10.9. The first-order valence-electron chi connectivity index (χ1n) is 6.80. The minimum atomic E-state index is -0.413. The van der Waals surface area contributed by atoms with Gasteiger partial charge in [-0.15, -0.1) is 0 Å². The minimum absolute atomic E-state index is 0.413. The largest absolute Gasteiger partial charge is 0.435 e. The van der Waals surface area contributed by atoms with Crippen molar-refractivity contribution < 1.29 is 13.9 Å². The van der Waals surface area contributed by atoms with Crippen LogP contribution >= 0.6 is 0 Å². The van der Waals surface area contributed by atoms with Gasteiger partial charge >= 0.3 is 5.97 Å². The molecule has 0 aliphatic carbocycles. The van der Waals surface area contributed by atoms with Crippen LogP contribution in [0.4, 0.5) is 0 Å². The molecule has 0 radical (unpaired) electrons. The summed E-state index contributed by atoms with van der Waals surface area (Å²) in [6.07, 6.45) is 3.11. The molecule has 22 heavy (non-hydrogen) atoms. The third kappa shape index (κ3) is 3.03. The van der Waals surface area contributed by atoms with E-state index in [2.05, 4.69) is 9.97 Å². The fourth-order valence-corrected chi connectivity index (χ4v) is 1.95. The van der Waals surface area contributed by atoms with E-state index >= 15 is 0 Å². The second-order valence-electron chi connectivity index (χ2n) is 5.01.